The number of hydrogen-bond donors (Lipinski definition) is 0. The van der Waals surface area contributed by atoms with E-state index in [-0.39, 0.29) is 23.9 Å². The van der Waals surface area contributed by atoms with Crippen LogP contribution in [0.2, 0.25) is 0 Å². The summed E-state index contributed by atoms with van der Waals surface area (Å²) < 4.78 is 58.4. The Bertz CT molecular complexity index is 1250. The maximum atomic E-state index is 13.9. The molecule has 6 nitrogen and oxygen atoms in total. The second-order valence-electron chi connectivity index (χ2n) is 10.6. The summed E-state index contributed by atoms with van der Waals surface area (Å²) in [7, 11) is -7.28. The third kappa shape index (κ3) is 4.59. The van der Waals surface area contributed by atoms with Crippen LogP contribution in [0.5, 0.6) is 0 Å². The second-order valence-corrected chi connectivity index (χ2v) is 14.3. The number of benzene rings is 2. The van der Waals surface area contributed by atoms with Crippen molar-refractivity contribution in [2.24, 2.45) is 11.8 Å². The van der Waals surface area contributed by atoms with Crippen LogP contribution in [0.4, 0.5) is 0 Å². The summed E-state index contributed by atoms with van der Waals surface area (Å²) in [4.78, 5) is 0.664. The molecule has 3 fully saturated rings. The van der Waals surface area contributed by atoms with Gasteiger partial charge in [0.05, 0.1) is 9.79 Å². The summed E-state index contributed by atoms with van der Waals surface area (Å²) in [5, 5.41) is 0. The van der Waals surface area contributed by atoms with Gasteiger partial charge in [0.1, 0.15) is 0 Å². The summed E-state index contributed by atoms with van der Waals surface area (Å²) in [6.45, 7) is 4.71. The van der Waals surface area contributed by atoms with Gasteiger partial charge in [-0.2, -0.15) is 8.61 Å². The molecule has 0 amide bonds. The largest absolute Gasteiger partial charge is 0.243 e. The predicted octanol–water partition coefficient (Wildman–Crippen LogP) is 4.73. The molecule has 0 radical (unpaired) electrons. The quantitative estimate of drug-likeness (QED) is 0.576. The van der Waals surface area contributed by atoms with Gasteiger partial charge < -0.3 is 0 Å². The molecule has 2 aromatic carbocycles. The molecule has 5 rings (SSSR count). The molecule has 1 aliphatic carbocycles. The zero-order chi connectivity index (χ0) is 24.8. The first-order valence-corrected chi connectivity index (χ1v) is 15.7. The van der Waals surface area contributed by atoms with Crippen LogP contribution >= 0.6 is 0 Å². The van der Waals surface area contributed by atoms with E-state index in [1.807, 2.05) is 38.1 Å². The topological polar surface area (TPSA) is 74.8 Å². The lowest BCUT2D eigenvalue weighted by Crippen LogP contribution is -2.57. The van der Waals surface area contributed by atoms with Crippen molar-refractivity contribution in [3.63, 3.8) is 0 Å². The molecule has 190 valence electrons. The van der Waals surface area contributed by atoms with Crippen molar-refractivity contribution in [3.8, 4) is 0 Å². The predicted molar refractivity (Wildman–Crippen MR) is 137 cm³/mol. The molecule has 2 aromatic rings. The molecule has 3 atom stereocenters. The van der Waals surface area contributed by atoms with Gasteiger partial charge in [0.2, 0.25) is 20.0 Å². The zero-order valence-electron chi connectivity index (χ0n) is 20.6. The van der Waals surface area contributed by atoms with Gasteiger partial charge in [0, 0.05) is 25.2 Å². The molecule has 2 aliphatic heterocycles. The fourth-order valence-electron chi connectivity index (χ4n) is 6.56. The average molecular weight is 517 g/mol. The molecule has 0 aromatic heterocycles. The fourth-order valence-corrected chi connectivity index (χ4v) is 10.0. The molecule has 2 saturated heterocycles. The number of sulfonamides is 2. The summed E-state index contributed by atoms with van der Waals surface area (Å²) in [6.07, 6.45) is 6.68. The second kappa shape index (κ2) is 9.61. The molecule has 3 aliphatic rings. The molecule has 0 N–H and O–H groups in total. The van der Waals surface area contributed by atoms with Gasteiger partial charge >= 0.3 is 0 Å². The molecular weight excluding hydrogens is 480 g/mol. The van der Waals surface area contributed by atoms with E-state index in [0.29, 0.717) is 35.7 Å². The van der Waals surface area contributed by atoms with E-state index < -0.39 is 20.0 Å². The maximum Gasteiger partial charge on any atom is 0.243 e. The standard InChI is InChI=1S/C27H36N2O4S2/c1-20-8-12-23(13-9-20)34(30,31)28-18-16-25-26(28)17-19-29(27(25)22-6-4-3-5-7-22)35(32,33)24-14-10-21(2)11-15-24/h8-15,22,25-27H,3-7,16-19H2,1-2H3/t25-,26+,27-/m1/s1. The first-order chi connectivity index (χ1) is 16.7. The van der Waals surface area contributed by atoms with E-state index in [2.05, 4.69) is 0 Å². The Morgan fingerprint density at radius 3 is 1.66 bits per heavy atom. The van der Waals surface area contributed by atoms with Crippen LogP contribution < -0.4 is 0 Å². The van der Waals surface area contributed by atoms with E-state index >= 15 is 0 Å². The van der Waals surface area contributed by atoms with Crippen LogP contribution in [-0.4, -0.2) is 50.6 Å². The Morgan fingerprint density at radius 2 is 1.11 bits per heavy atom. The highest BCUT2D eigenvalue weighted by atomic mass is 32.2. The Morgan fingerprint density at radius 1 is 0.629 bits per heavy atom. The van der Waals surface area contributed by atoms with Gasteiger partial charge in [-0.15, -0.1) is 0 Å². The average Bonchev–Trinajstić information content (AvgIpc) is 3.30. The van der Waals surface area contributed by atoms with E-state index in [1.54, 1.807) is 32.9 Å². The van der Waals surface area contributed by atoms with E-state index in [9.17, 15) is 16.8 Å². The molecule has 35 heavy (non-hydrogen) atoms. The Balaban J connectivity index is 1.49. The van der Waals surface area contributed by atoms with Gasteiger partial charge in [-0.1, -0.05) is 54.7 Å². The van der Waals surface area contributed by atoms with Crippen molar-refractivity contribution >= 4 is 20.0 Å². The molecule has 0 spiro atoms. The summed E-state index contributed by atoms with van der Waals surface area (Å²) in [5.41, 5.74) is 2.05. The Hall–Kier alpha value is -1.74. The van der Waals surface area contributed by atoms with Gasteiger partial charge in [0.25, 0.3) is 0 Å². The van der Waals surface area contributed by atoms with Crippen LogP contribution in [0.25, 0.3) is 0 Å². The minimum absolute atomic E-state index is 0.0206. The van der Waals surface area contributed by atoms with Crippen LogP contribution in [0.1, 0.15) is 56.1 Å². The van der Waals surface area contributed by atoms with Crippen molar-refractivity contribution in [3.05, 3.63) is 59.7 Å². The molecule has 0 bridgehead atoms. The summed E-state index contributed by atoms with van der Waals surface area (Å²) >= 11 is 0. The first kappa shape index (κ1) is 24.9. The van der Waals surface area contributed by atoms with Crippen molar-refractivity contribution in [1.82, 2.24) is 8.61 Å². The number of rotatable bonds is 5. The minimum Gasteiger partial charge on any atom is -0.207 e. The van der Waals surface area contributed by atoms with Crippen LogP contribution in [0, 0.1) is 25.7 Å². The van der Waals surface area contributed by atoms with E-state index in [4.69, 9.17) is 0 Å². The number of hydrogen-bond acceptors (Lipinski definition) is 4. The number of nitrogens with zero attached hydrogens (tertiary/aromatic N) is 2. The highest BCUT2D eigenvalue weighted by Crippen LogP contribution is 2.46. The minimum atomic E-state index is -3.66. The highest BCUT2D eigenvalue weighted by Gasteiger charge is 2.53. The molecular formula is C27H36N2O4S2. The molecule has 2 heterocycles. The summed E-state index contributed by atoms with van der Waals surface area (Å²) in [6, 6.07) is 13.8. The Kier molecular flexibility index (Phi) is 6.85. The number of piperidine rings is 1. The lowest BCUT2D eigenvalue weighted by molar-refractivity contribution is 0.0768. The molecule has 8 heteroatoms. The van der Waals surface area contributed by atoms with Crippen LogP contribution in [-0.2, 0) is 20.0 Å². The van der Waals surface area contributed by atoms with Crippen LogP contribution in [0.15, 0.2) is 58.3 Å². The molecule has 0 unspecified atom stereocenters. The third-order valence-corrected chi connectivity index (χ3v) is 12.2. The van der Waals surface area contributed by atoms with Crippen molar-refractivity contribution < 1.29 is 16.8 Å². The third-order valence-electron chi connectivity index (χ3n) is 8.35. The monoisotopic (exact) mass is 516 g/mol. The number of aryl methyl sites for hydroxylation is 2. The highest BCUT2D eigenvalue weighted by molar-refractivity contribution is 7.89. The zero-order valence-corrected chi connectivity index (χ0v) is 22.3. The maximum absolute atomic E-state index is 13.9. The van der Waals surface area contributed by atoms with Gasteiger partial charge in [-0.05, 0) is 75.6 Å². The van der Waals surface area contributed by atoms with E-state index in [1.165, 1.54) is 6.42 Å². The van der Waals surface area contributed by atoms with Gasteiger partial charge in [-0.3, -0.25) is 0 Å². The Labute approximate surface area is 210 Å². The van der Waals surface area contributed by atoms with Crippen molar-refractivity contribution in [1.29, 1.82) is 0 Å². The van der Waals surface area contributed by atoms with Crippen molar-refractivity contribution in [2.75, 3.05) is 13.1 Å². The lowest BCUT2D eigenvalue weighted by Gasteiger charge is -2.47. The smallest absolute Gasteiger partial charge is 0.207 e. The SMILES string of the molecule is Cc1ccc(S(=O)(=O)N2CC[C@H]3[C@@H](CCN3S(=O)(=O)c3ccc(C)cc3)[C@H]2C2CCCCC2)cc1. The van der Waals surface area contributed by atoms with Gasteiger partial charge in [0.15, 0.2) is 0 Å². The lowest BCUT2D eigenvalue weighted by atomic mass is 9.74. The normalized spacial score (nSPS) is 27.1. The van der Waals surface area contributed by atoms with Gasteiger partial charge in [-0.25, -0.2) is 16.8 Å². The summed E-state index contributed by atoms with van der Waals surface area (Å²) in [5.74, 6) is 0.297. The first-order valence-electron chi connectivity index (χ1n) is 12.9. The van der Waals surface area contributed by atoms with Crippen molar-refractivity contribution in [2.45, 2.75) is 80.7 Å². The molecule has 1 saturated carbocycles. The fraction of sp³-hybridized carbons (Fsp3) is 0.556. The van der Waals surface area contributed by atoms with E-state index in [0.717, 1.165) is 36.8 Å². The van der Waals surface area contributed by atoms with Crippen LogP contribution in [0.3, 0.4) is 0 Å². The number of fused-ring (bicyclic) bond motifs is 1.